The number of methoxy groups -OCH3 is 1. The van der Waals surface area contributed by atoms with Crippen LogP contribution in [-0.2, 0) is 16.1 Å². The van der Waals surface area contributed by atoms with Crippen LogP contribution in [0.2, 0.25) is 0 Å². The number of carbonyl (C=O) groups is 3. The van der Waals surface area contributed by atoms with Gasteiger partial charge in [-0.2, -0.15) is 0 Å². The van der Waals surface area contributed by atoms with E-state index in [0.717, 1.165) is 12.0 Å². The average molecular weight is 459 g/mol. The highest BCUT2D eigenvalue weighted by Crippen LogP contribution is 2.12. The van der Waals surface area contributed by atoms with E-state index in [1.807, 2.05) is 28.5 Å². The molecule has 0 radical (unpaired) electrons. The molecule has 1 aromatic heterocycles. The second kappa shape index (κ2) is 12.3. The molecule has 2 N–H and O–H groups in total. The van der Waals surface area contributed by atoms with Crippen LogP contribution in [0, 0.1) is 0 Å². The zero-order chi connectivity index (χ0) is 22.8. The Bertz CT molecular complexity index is 878. The molecule has 2 aromatic rings. The van der Waals surface area contributed by atoms with Gasteiger partial charge in [-0.15, -0.1) is 11.3 Å². The third-order valence-electron chi connectivity index (χ3n) is 5.27. The molecule has 0 saturated carbocycles. The Labute approximate surface area is 192 Å². The smallest absolute Gasteiger partial charge is 0.261 e. The van der Waals surface area contributed by atoms with Gasteiger partial charge in [-0.25, -0.2) is 0 Å². The molecule has 32 heavy (non-hydrogen) atoms. The minimum atomic E-state index is -0.0957. The van der Waals surface area contributed by atoms with Gasteiger partial charge in [0.1, 0.15) is 0 Å². The first-order valence-electron chi connectivity index (χ1n) is 10.7. The second-order valence-corrected chi connectivity index (χ2v) is 8.57. The van der Waals surface area contributed by atoms with Crippen molar-refractivity contribution in [3.63, 3.8) is 0 Å². The van der Waals surface area contributed by atoms with Crippen molar-refractivity contribution in [1.29, 1.82) is 0 Å². The molecule has 2 heterocycles. The van der Waals surface area contributed by atoms with Gasteiger partial charge < -0.3 is 20.3 Å². The van der Waals surface area contributed by atoms with Crippen LogP contribution in [-0.4, -0.2) is 80.5 Å². The normalized spacial score (nSPS) is 14.2. The fourth-order valence-corrected chi connectivity index (χ4v) is 4.08. The van der Waals surface area contributed by atoms with Gasteiger partial charge >= 0.3 is 0 Å². The molecular formula is C23H30N4O4S. The van der Waals surface area contributed by atoms with Gasteiger partial charge in [0, 0.05) is 58.5 Å². The van der Waals surface area contributed by atoms with E-state index in [1.165, 1.54) is 11.3 Å². The van der Waals surface area contributed by atoms with E-state index in [9.17, 15) is 14.4 Å². The summed E-state index contributed by atoms with van der Waals surface area (Å²) in [4.78, 5) is 41.4. The number of hydrogen-bond donors (Lipinski definition) is 2. The van der Waals surface area contributed by atoms with E-state index in [0.29, 0.717) is 62.9 Å². The van der Waals surface area contributed by atoms with Gasteiger partial charge in [-0.05, 0) is 35.6 Å². The van der Waals surface area contributed by atoms with E-state index in [-0.39, 0.29) is 17.7 Å². The third-order valence-corrected chi connectivity index (χ3v) is 6.14. The topological polar surface area (TPSA) is 91.0 Å². The molecule has 0 bridgehead atoms. The summed E-state index contributed by atoms with van der Waals surface area (Å²) in [6.45, 7) is 4.53. The first-order valence-corrected chi connectivity index (χ1v) is 11.6. The number of rotatable bonds is 10. The molecule has 0 unspecified atom stereocenters. The number of thiophene rings is 1. The van der Waals surface area contributed by atoms with Gasteiger partial charge in [0.15, 0.2) is 0 Å². The van der Waals surface area contributed by atoms with Crippen LogP contribution in [0.1, 0.15) is 32.0 Å². The lowest BCUT2D eigenvalue weighted by Gasteiger charge is -2.34. The summed E-state index contributed by atoms with van der Waals surface area (Å²) < 4.78 is 4.97. The van der Waals surface area contributed by atoms with Crippen molar-refractivity contribution in [1.82, 2.24) is 20.4 Å². The zero-order valence-corrected chi connectivity index (χ0v) is 19.2. The second-order valence-electron chi connectivity index (χ2n) is 7.62. The number of carbonyl (C=O) groups excluding carboxylic acids is 3. The highest BCUT2D eigenvalue weighted by Gasteiger charge is 2.23. The van der Waals surface area contributed by atoms with Crippen molar-refractivity contribution in [2.24, 2.45) is 0 Å². The Balaban J connectivity index is 1.40. The maximum Gasteiger partial charge on any atom is 0.261 e. The van der Waals surface area contributed by atoms with Crippen molar-refractivity contribution >= 4 is 29.1 Å². The van der Waals surface area contributed by atoms with Gasteiger partial charge in [-0.3, -0.25) is 19.3 Å². The summed E-state index contributed by atoms with van der Waals surface area (Å²) in [5.41, 5.74) is 1.57. The molecule has 0 spiro atoms. The van der Waals surface area contributed by atoms with E-state index >= 15 is 0 Å². The number of piperazine rings is 1. The Morgan fingerprint density at radius 1 is 1.03 bits per heavy atom. The van der Waals surface area contributed by atoms with Crippen LogP contribution in [0.5, 0.6) is 0 Å². The van der Waals surface area contributed by atoms with Gasteiger partial charge in [0.05, 0.1) is 11.4 Å². The number of amides is 3. The molecule has 1 fully saturated rings. The number of nitrogens with zero attached hydrogens (tertiary/aromatic N) is 2. The number of benzene rings is 1. The van der Waals surface area contributed by atoms with E-state index in [1.54, 1.807) is 25.3 Å². The molecule has 0 aliphatic carbocycles. The lowest BCUT2D eigenvalue weighted by Crippen LogP contribution is -2.51. The van der Waals surface area contributed by atoms with Crippen LogP contribution in [0.3, 0.4) is 0 Å². The molecule has 1 aromatic carbocycles. The average Bonchev–Trinajstić information content (AvgIpc) is 3.36. The molecule has 1 aliphatic heterocycles. The van der Waals surface area contributed by atoms with E-state index in [2.05, 4.69) is 15.5 Å². The van der Waals surface area contributed by atoms with Gasteiger partial charge in [-0.1, -0.05) is 18.2 Å². The van der Waals surface area contributed by atoms with Crippen molar-refractivity contribution in [2.75, 3.05) is 53.0 Å². The van der Waals surface area contributed by atoms with Gasteiger partial charge in [0.25, 0.3) is 11.8 Å². The van der Waals surface area contributed by atoms with Crippen LogP contribution >= 0.6 is 11.3 Å². The number of nitrogens with one attached hydrogen (secondary N) is 2. The predicted octanol–water partition coefficient (Wildman–Crippen LogP) is 1.59. The first-order chi connectivity index (χ1) is 15.6. The maximum atomic E-state index is 12.8. The molecule has 9 heteroatoms. The summed E-state index contributed by atoms with van der Waals surface area (Å²) >= 11 is 1.40. The minimum Gasteiger partial charge on any atom is -0.385 e. The molecule has 8 nitrogen and oxygen atoms in total. The molecule has 1 saturated heterocycles. The molecular weight excluding hydrogens is 428 g/mol. The molecule has 1 aliphatic rings. The van der Waals surface area contributed by atoms with E-state index in [4.69, 9.17) is 4.74 Å². The van der Waals surface area contributed by atoms with Crippen LogP contribution < -0.4 is 10.6 Å². The van der Waals surface area contributed by atoms with Crippen molar-refractivity contribution in [3.8, 4) is 0 Å². The molecule has 172 valence electrons. The Morgan fingerprint density at radius 2 is 1.78 bits per heavy atom. The van der Waals surface area contributed by atoms with Crippen LogP contribution in [0.4, 0.5) is 0 Å². The van der Waals surface area contributed by atoms with Gasteiger partial charge in [0.2, 0.25) is 5.91 Å². The van der Waals surface area contributed by atoms with Crippen LogP contribution in [0.25, 0.3) is 0 Å². The summed E-state index contributed by atoms with van der Waals surface area (Å²) in [6, 6.07) is 11.0. The van der Waals surface area contributed by atoms with Crippen molar-refractivity contribution in [2.45, 2.75) is 13.0 Å². The van der Waals surface area contributed by atoms with Crippen LogP contribution in [0.15, 0.2) is 41.8 Å². The number of hydrogen-bond acceptors (Lipinski definition) is 6. The Hall–Kier alpha value is -2.75. The standard InChI is InChI=1S/C23H30N4O4S/c1-31-14-3-9-24-21(28)17-26-10-12-27(13-11-26)23(30)19-7-5-18(6-8-19)16-25-22(29)20-4-2-15-32-20/h2,4-8,15H,3,9-14,16-17H2,1H3,(H,24,28)(H,25,29). The molecule has 0 atom stereocenters. The molecule has 3 rings (SSSR count). The summed E-state index contributed by atoms with van der Waals surface area (Å²) in [6.07, 6.45) is 0.796. The Kier molecular flexibility index (Phi) is 9.21. The Morgan fingerprint density at radius 3 is 2.44 bits per heavy atom. The largest absolute Gasteiger partial charge is 0.385 e. The highest BCUT2D eigenvalue weighted by atomic mass is 32.1. The number of ether oxygens (including phenoxy) is 1. The van der Waals surface area contributed by atoms with E-state index < -0.39 is 0 Å². The fraction of sp³-hybridized carbons (Fsp3) is 0.435. The zero-order valence-electron chi connectivity index (χ0n) is 18.3. The lowest BCUT2D eigenvalue weighted by atomic mass is 10.1. The third kappa shape index (κ3) is 7.15. The summed E-state index contributed by atoms with van der Waals surface area (Å²) in [5, 5.41) is 7.64. The highest BCUT2D eigenvalue weighted by molar-refractivity contribution is 7.12. The summed E-state index contributed by atoms with van der Waals surface area (Å²) in [5.74, 6) is -0.104. The molecule has 3 amide bonds. The lowest BCUT2D eigenvalue weighted by molar-refractivity contribution is -0.122. The minimum absolute atomic E-state index is 0.00244. The SMILES string of the molecule is COCCCNC(=O)CN1CCN(C(=O)c2ccc(CNC(=O)c3cccs3)cc2)CC1. The summed E-state index contributed by atoms with van der Waals surface area (Å²) in [7, 11) is 1.64. The predicted molar refractivity (Wildman–Crippen MR) is 124 cm³/mol. The van der Waals surface area contributed by atoms with Crippen molar-refractivity contribution < 1.29 is 19.1 Å². The quantitative estimate of drug-likeness (QED) is 0.528. The maximum absolute atomic E-state index is 12.8. The first kappa shape index (κ1) is 23.9. The fourth-order valence-electron chi connectivity index (χ4n) is 3.44. The monoisotopic (exact) mass is 458 g/mol. The van der Waals surface area contributed by atoms with Crippen molar-refractivity contribution in [3.05, 3.63) is 57.8 Å².